The summed E-state index contributed by atoms with van der Waals surface area (Å²) < 4.78 is 5.54. The number of nitrogens with zero attached hydrogens (tertiary/aromatic N) is 1. The van der Waals surface area contributed by atoms with Crippen molar-refractivity contribution in [1.29, 1.82) is 0 Å². The molecule has 1 aromatic rings. The molecule has 1 aliphatic rings. The molecule has 1 heterocycles. The van der Waals surface area contributed by atoms with E-state index in [1.165, 1.54) is 16.7 Å². The summed E-state index contributed by atoms with van der Waals surface area (Å²) in [4.78, 5) is 27.5. The fourth-order valence-electron chi connectivity index (χ4n) is 2.68. The van der Waals surface area contributed by atoms with Gasteiger partial charge in [-0.1, -0.05) is 50.1 Å². The number of unbranched alkanes of at least 4 members (excludes halogenated alkanes) is 1. The number of ether oxygens (including phenoxy) is 1. The number of aryl methyl sites for hydroxylation is 1. The van der Waals surface area contributed by atoms with E-state index in [-0.39, 0.29) is 11.8 Å². The summed E-state index contributed by atoms with van der Waals surface area (Å²) in [5, 5.41) is 0. The molecular formula is C20H27NO3S. The number of amides is 2. The van der Waals surface area contributed by atoms with Crippen LogP contribution in [0.25, 0.3) is 5.57 Å². The average Bonchev–Trinajstić information content (AvgIpc) is 2.83. The molecule has 5 heteroatoms. The second-order valence-corrected chi connectivity index (χ2v) is 7.36. The number of thioether (sulfide) groups is 1. The maximum Gasteiger partial charge on any atom is 0.267 e. The Balaban J connectivity index is 2.08. The van der Waals surface area contributed by atoms with Crippen LogP contribution in [-0.2, 0) is 14.3 Å². The third-order valence-corrected chi connectivity index (χ3v) is 5.02. The Bertz CT molecular complexity index is 637. The van der Waals surface area contributed by atoms with Gasteiger partial charge in [0.2, 0.25) is 0 Å². The Morgan fingerprint density at radius 1 is 1.00 bits per heavy atom. The van der Waals surface area contributed by atoms with Gasteiger partial charge in [0, 0.05) is 19.8 Å². The van der Waals surface area contributed by atoms with Crippen LogP contribution < -0.4 is 0 Å². The van der Waals surface area contributed by atoms with Crippen molar-refractivity contribution in [2.75, 3.05) is 25.5 Å². The number of carbonyl (C=O) groups excluding carboxylic acids is 2. The highest BCUT2D eigenvalue weighted by Crippen LogP contribution is 2.36. The predicted octanol–water partition coefficient (Wildman–Crippen LogP) is 4.03. The number of benzene rings is 1. The van der Waals surface area contributed by atoms with Crippen molar-refractivity contribution in [3.63, 3.8) is 0 Å². The van der Waals surface area contributed by atoms with Crippen LogP contribution in [0.5, 0.6) is 0 Å². The van der Waals surface area contributed by atoms with E-state index in [2.05, 4.69) is 6.92 Å². The highest BCUT2D eigenvalue weighted by Gasteiger charge is 2.38. The Hall–Kier alpha value is -1.59. The molecular weight excluding hydrogens is 334 g/mol. The van der Waals surface area contributed by atoms with Gasteiger partial charge < -0.3 is 4.74 Å². The van der Waals surface area contributed by atoms with Gasteiger partial charge in [-0.3, -0.25) is 14.5 Å². The molecule has 0 saturated carbocycles. The first-order chi connectivity index (χ1) is 12.1. The van der Waals surface area contributed by atoms with E-state index < -0.39 is 0 Å². The zero-order valence-electron chi connectivity index (χ0n) is 15.3. The SMILES string of the molecule is CCCCOCCCN1C(=O)C(SCC)=C(c2ccc(C)cc2)C1=O. The van der Waals surface area contributed by atoms with Crippen LogP contribution in [-0.4, -0.2) is 42.2 Å². The summed E-state index contributed by atoms with van der Waals surface area (Å²) in [5.41, 5.74) is 2.50. The molecule has 0 unspecified atom stereocenters. The van der Waals surface area contributed by atoms with Crippen molar-refractivity contribution in [3.8, 4) is 0 Å². The zero-order chi connectivity index (χ0) is 18.2. The minimum atomic E-state index is -0.182. The summed E-state index contributed by atoms with van der Waals surface area (Å²) in [6, 6.07) is 7.78. The van der Waals surface area contributed by atoms with E-state index in [4.69, 9.17) is 4.74 Å². The summed E-state index contributed by atoms with van der Waals surface area (Å²) >= 11 is 1.45. The predicted molar refractivity (Wildman–Crippen MR) is 103 cm³/mol. The van der Waals surface area contributed by atoms with Gasteiger partial charge in [-0.25, -0.2) is 0 Å². The van der Waals surface area contributed by atoms with Gasteiger partial charge in [-0.05, 0) is 31.1 Å². The van der Waals surface area contributed by atoms with Gasteiger partial charge in [0.15, 0.2) is 0 Å². The van der Waals surface area contributed by atoms with Crippen LogP contribution in [0, 0.1) is 6.92 Å². The van der Waals surface area contributed by atoms with Gasteiger partial charge in [-0.15, -0.1) is 11.8 Å². The van der Waals surface area contributed by atoms with Crippen LogP contribution >= 0.6 is 11.8 Å². The maximum atomic E-state index is 12.8. The molecule has 0 aromatic heterocycles. The smallest absolute Gasteiger partial charge is 0.267 e. The van der Waals surface area contributed by atoms with Gasteiger partial charge in [0.05, 0.1) is 10.5 Å². The van der Waals surface area contributed by atoms with E-state index in [1.807, 2.05) is 38.1 Å². The zero-order valence-corrected chi connectivity index (χ0v) is 16.2. The highest BCUT2D eigenvalue weighted by atomic mass is 32.2. The van der Waals surface area contributed by atoms with E-state index in [0.29, 0.717) is 30.1 Å². The van der Waals surface area contributed by atoms with Gasteiger partial charge in [-0.2, -0.15) is 0 Å². The highest BCUT2D eigenvalue weighted by molar-refractivity contribution is 8.04. The molecule has 0 saturated heterocycles. The molecule has 1 aromatic carbocycles. The fraction of sp³-hybridized carbons (Fsp3) is 0.500. The molecule has 2 amide bonds. The third kappa shape index (κ3) is 4.95. The molecule has 0 bridgehead atoms. The molecule has 0 radical (unpaired) electrons. The lowest BCUT2D eigenvalue weighted by Gasteiger charge is -2.15. The van der Waals surface area contributed by atoms with Crippen molar-refractivity contribution in [3.05, 3.63) is 40.3 Å². The molecule has 25 heavy (non-hydrogen) atoms. The van der Waals surface area contributed by atoms with Crippen LogP contribution in [0.3, 0.4) is 0 Å². The number of rotatable bonds is 10. The second kappa shape index (κ2) is 9.78. The quantitative estimate of drug-likeness (QED) is 0.466. The topological polar surface area (TPSA) is 46.6 Å². The lowest BCUT2D eigenvalue weighted by atomic mass is 10.0. The molecule has 0 fully saturated rings. The maximum absolute atomic E-state index is 12.8. The number of imide groups is 1. The lowest BCUT2D eigenvalue weighted by molar-refractivity contribution is -0.136. The number of carbonyl (C=O) groups is 2. The van der Waals surface area contributed by atoms with Crippen LogP contribution in [0.2, 0.25) is 0 Å². The van der Waals surface area contributed by atoms with Crippen molar-refractivity contribution in [2.45, 2.75) is 40.0 Å². The van der Waals surface area contributed by atoms with E-state index in [0.717, 1.165) is 36.3 Å². The monoisotopic (exact) mass is 361 g/mol. The third-order valence-electron chi connectivity index (χ3n) is 4.07. The molecule has 0 atom stereocenters. The molecule has 0 N–H and O–H groups in total. The fourth-order valence-corrected chi connectivity index (χ4v) is 3.55. The van der Waals surface area contributed by atoms with Crippen molar-refractivity contribution in [1.82, 2.24) is 4.90 Å². The van der Waals surface area contributed by atoms with E-state index in [9.17, 15) is 9.59 Å². The summed E-state index contributed by atoms with van der Waals surface area (Å²) in [6.45, 7) is 7.84. The Morgan fingerprint density at radius 2 is 1.68 bits per heavy atom. The molecule has 1 aliphatic heterocycles. The molecule has 0 aliphatic carbocycles. The number of hydrogen-bond donors (Lipinski definition) is 0. The minimum absolute atomic E-state index is 0.166. The average molecular weight is 362 g/mol. The molecule has 4 nitrogen and oxygen atoms in total. The van der Waals surface area contributed by atoms with Crippen molar-refractivity contribution in [2.24, 2.45) is 0 Å². The first kappa shape index (κ1) is 19.7. The first-order valence-electron chi connectivity index (χ1n) is 8.98. The Morgan fingerprint density at radius 3 is 2.32 bits per heavy atom. The van der Waals surface area contributed by atoms with Crippen molar-refractivity contribution < 1.29 is 14.3 Å². The largest absolute Gasteiger partial charge is 0.381 e. The standard InChI is InChI=1S/C20H27NO3S/c1-4-6-13-24-14-7-12-21-19(22)17(18(20(21)23)25-5-2)16-10-8-15(3)9-11-16/h8-11H,4-7,12-14H2,1-3H3. The van der Waals surface area contributed by atoms with Crippen molar-refractivity contribution >= 4 is 29.1 Å². The summed E-state index contributed by atoms with van der Waals surface area (Å²) in [5.74, 6) is 0.414. The van der Waals surface area contributed by atoms with Crippen LogP contribution in [0.15, 0.2) is 29.2 Å². The van der Waals surface area contributed by atoms with Gasteiger partial charge in [0.25, 0.3) is 11.8 Å². The summed E-state index contributed by atoms with van der Waals surface area (Å²) in [6.07, 6.45) is 2.81. The first-order valence-corrected chi connectivity index (χ1v) is 9.96. The van der Waals surface area contributed by atoms with Crippen LogP contribution in [0.4, 0.5) is 0 Å². The second-order valence-electron chi connectivity index (χ2n) is 6.08. The summed E-state index contributed by atoms with van der Waals surface area (Å²) in [7, 11) is 0. The normalized spacial score (nSPS) is 14.8. The minimum Gasteiger partial charge on any atom is -0.381 e. The Kier molecular flexibility index (Phi) is 7.72. The molecule has 136 valence electrons. The molecule has 0 spiro atoms. The van der Waals surface area contributed by atoms with Gasteiger partial charge in [0.1, 0.15) is 0 Å². The lowest BCUT2D eigenvalue weighted by Crippen LogP contribution is -2.33. The van der Waals surface area contributed by atoms with E-state index in [1.54, 1.807) is 0 Å². The Labute approximate surface area is 154 Å². The van der Waals surface area contributed by atoms with Gasteiger partial charge >= 0.3 is 0 Å². The molecule has 2 rings (SSSR count). The van der Waals surface area contributed by atoms with Crippen LogP contribution in [0.1, 0.15) is 44.2 Å². The number of hydrogen-bond acceptors (Lipinski definition) is 4. The van der Waals surface area contributed by atoms with E-state index >= 15 is 0 Å².